The normalized spacial score (nSPS) is 17.4. The average Bonchev–Trinajstić information content (AvgIpc) is 3.32. The first-order chi connectivity index (χ1) is 33.3. The molecule has 4 atom stereocenters. The maximum absolute atomic E-state index is 15.0. The zero-order valence-electron chi connectivity index (χ0n) is 40.3. The Morgan fingerprint density at radius 1 is 0.899 bits per heavy atom. The van der Waals surface area contributed by atoms with Crippen molar-refractivity contribution in [3.63, 3.8) is 0 Å². The minimum Gasteiger partial charge on any atom is -0.492 e. The fraction of sp³-hybridized carbons (Fsp3) is 0.510. The number of nitrogens with zero attached hydrogens (tertiary/aromatic N) is 2. The summed E-state index contributed by atoms with van der Waals surface area (Å²) < 4.78 is 17.5. The van der Waals surface area contributed by atoms with Gasteiger partial charge in [0.05, 0.1) is 25.3 Å². The molecule has 3 aromatic rings. The van der Waals surface area contributed by atoms with Gasteiger partial charge in [0.1, 0.15) is 55.4 Å². The van der Waals surface area contributed by atoms with Crippen LogP contribution in [0.25, 0.3) is 11.1 Å². The van der Waals surface area contributed by atoms with Crippen molar-refractivity contribution in [1.82, 2.24) is 31.5 Å². The Labute approximate surface area is 404 Å². The van der Waals surface area contributed by atoms with Crippen LogP contribution < -0.4 is 47.5 Å². The number of hydrogen-bond acceptors (Lipinski definition) is 12. The van der Waals surface area contributed by atoms with Crippen LogP contribution in [-0.4, -0.2) is 118 Å². The zero-order chi connectivity index (χ0) is 49.9. The van der Waals surface area contributed by atoms with Gasteiger partial charge in [0.2, 0.25) is 29.5 Å². The Hall–Kier alpha value is -6.55. The number of ether oxygens (including phenoxy) is 3. The number of nitrogens with one attached hydrogen (secondary N) is 5. The average molecular weight is 952 g/mol. The van der Waals surface area contributed by atoms with Crippen LogP contribution in [0, 0.1) is 18.3 Å². The lowest BCUT2D eigenvalue weighted by molar-refractivity contribution is -0.142. The Bertz CT molecular complexity index is 2310. The second kappa shape index (κ2) is 26.9. The molecule has 1 fully saturated rings. The summed E-state index contributed by atoms with van der Waals surface area (Å²) in [6, 6.07) is 12.4. The molecule has 18 heteroatoms. The predicted molar refractivity (Wildman–Crippen MR) is 260 cm³/mol. The molecule has 2 aliphatic heterocycles. The van der Waals surface area contributed by atoms with Crippen LogP contribution in [0.2, 0.25) is 0 Å². The Morgan fingerprint density at radius 2 is 1.58 bits per heavy atom. The Kier molecular flexibility index (Phi) is 20.8. The first-order valence-electron chi connectivity index (χ1n) is 24.0. The molecule has 6 amide bonds. The van der Waals surface area contributed by atoms with Crippen LogP contribution in [0.15, 0.2) is 54.6 Å². The molecule has 372 valence electrons. The highest BCUT2D eigenvalue weighted by atomic mass is 16.5. The first-order valence-corrected chi connectivity index (χ1v) is 24.0. The van der Waals surface area contributed by atoms with Gasteiger partial charge in [-0.25, -0.2) is 0 Å². The maximum atomic E-state index is 15.0. The summed E-state index contributed by atoms with van der Waals surface area (Å²) in [4.78, 5) is 85.5. The minimum atomic E-state index is -1.44. The number of nitrogens with two attached hydrogens (primary N) is 2. The fourth-order valence-corrected chi connectivity index (χ4v) is 8.34. The van der Waals surface area contributed by atoms with Gasteiger partial charge in [-0.2, -0.15) is 5.26 Å². The van der Waals surface area contributed by atoms with Crippen LogP contribution >= 0.6 is 0 Å². The van der Waals surface area contributed by atoms with Gasteiger partial charge in [0.15, 0.2) is 0 Å². The quantitative estimate of drug-likeness (QED) is 0.0534. The number of unbranched alkanes of at least 4 members (excludes halogenated alkanes) is 5. The van der Waals surface area contributed by atoms with Crippen molar-refractivity contribution in [1.29, 1.82) is 5.26 Å². The van der Waals surface area contributed by atoms with E-state index in [-0.39, 0.29) is 64.1 Å². The summed E-state index contributed by atoms with van der Waals surface area (Å²) in [5.74, 6) is -2.90. The number of fused-ring (bicyclic) bond motifs is 5. The lowest BCUT2D eigenvalue weighted by Crippen LogP contribution is -2.56. The maximum Gasteiger partial charge on any atom is 0.252 e. The first kappa shape index (κ1) is 53.4. The number of aryl methyl sites for hydroxylation is 2. The van der Waals surface area contributed by atoms with Crippen LogP contribution in [0.5, 0.6) is 11.5 Å². The van der Waals surface area contributed by atoms with Crippen molar-refractivity contribution < 1.29 is 43.0 Å². The molecule has 3 aromatic carbocycles. The molecular formula is C51H69N9O9. The standard InChI is InChI=1S/C51H69N9O9/c1-5-6-7-8-9-10-11-34-12-15-38(32(2)26-34)48(63)58-41(16-19-45(61)57-37-30-67-31-37)51(66)60(4)46-36-14-18-44(69-25-22-54)40(29-36)39-27-35(13-17-43(39)68-24-21-53)28-42(49(64)55-23-20-52)59-47(62)33(3)56-50(46)65/h12-15,17-18,26-27,29,33,37,41-42,46H,5-11,16,19,21-25,28,30-31,53-54H2,1-4H3,(H,55,64)(H,56,65)(H,57,61)(H,58,63)(H,59,62)/t33?,41-,42?,46?/m0/s1. The molecule has 5 rings (SSSR count). The van der Waals surface area contributed by atoms with Gasteiger partial charge >= 0.3 is 0 Å². The molecule has 4 bridgehead atoms. The number of likely N-dealkylation sites (N-methyl/N-ethyl adjacent to an activating group) is 1. The molecule has 2 heterocycles. The molecule has 0 aliphatic carbocycles. The van der Waals surface area contributed by atoms with E-state index in [2.05, 4.69) is 33.5 Å². The lowest BCUT2D eigenvalue weighted by Gasteiger charge is -2.33. The second-order valence-corrected chi connectivity index (χ2v) is 17.6. The summed E-state index contributed by atoms with van der Waals surface area (Å²) in [7, 11) is 1.41. The number of carbonyl (C=O) groups excluding carboxylic acids is 6. The van der Waals surface area contributed by atoms with Gasteiger partial charge in [-0.1, -0.05) is 63.3 Å². The van der Waals surface area contributed by atoms with E-state index < -0.39 is 53.7 Å². The Balaban J connectivity index is 1.55. The monoisotopic (exact) mass is 952 g/mol. The third kappa shape index (κ3) is 15.2. The van der Waals surface area contributed by atoms with Crippen molar-refractivity contribution in [3.05, 3.63) is 82.4 Å². The number of carbonyl (C=O) groups is 6. The largest absolute Gasteiger partial charge is 0.492 e. The molecule has 0 aromatic heterocycles. The van der Waals surface area contributed by atoms with Gasteiger partial charge < -0.3 is 57.2 Å². The van der Waals surface area contributed by atoms with E-state index in [0.29, 0.717) is 52.5 Å². The van der Waals surface area contributed by atoms with E-state index in [1.165, 1.54) is 44.6 Å². The smallest absolute Gasteiger partial charge is 0.252 e. The predicted octanol–water partition coefficient (Wildman–Crippen LogP) is 3.02. The highest BCUT2D eigenvalue weighted by molar-refractivity contribution is 6.00. The molecule has 69 heavy (non-hydrogen) atoms. The molecule has 0 radical (unpaired) electrons. The molecule has 0 saturated carbocycles. The van der Waals surface area contributed by atoms with Gasteiger partial charge in [0, 0.05) is 49.7 Å². The molecule has 18 nitrogen and oxygen atoms in total. The third-order valence-corrected chi connectivity index (χ3v) is 12.2. The summed E-state index contributed by atoms with van der Waals surface area (Å²) >= 11 is 0. The molecule has 0 spiro atoms. The van der Waals surface area contributed by atoms with E-state index in [9.17, 15) is 29.2 Å². The highest BCUT2D eigenvalue weighted by Gasteiger charge is 2.37. The van der Waals surface area contributed by atoms with Crippen LogP contribution in [0.1, 0.15) is 104 Å². The van der Waals surface area contributed by atoms with E-state index in [1.54, 1.807) is 42.5 Å². The zero-order valence-corrected chi connectivity index (χ0v) is 40.3. The molecule has 2 aliphatic rings. The number of benzene rings is 3. The van der Waals surface area contributed by atoms with Crippen LogP contribution in [0.4, 0.5) is 0 Å². The molecule has 1 saturated heterocycles. The summed E-state index contributed by atoms with van der Waals surface area (Å²) in [5, 5.41) is 22.9. The van der Waals surface area contributed by atoms with Gasteiger partial charge in [-0.05, 0) is 85.7 Å². The van der Waals surface area contributed by atoms with Crippen molar-refractivity contribution >= 4 is 35.4 Å². The van der Waals surface area contributed by atoms with Gasteiger partial charge in [0.25, 0.3) is 5.91 Å². The topological polar surface area (TPSA) is 269 Å². The van der Waals surface area contributed by atoms with Crippen LogP contribution in [0.3, 0.4) is 0 Å². The molecule has 3 unspecified atom stereocenters. The van der Waals surface area contributed by atoms with E-state index in [0.717, 1.165) is 30.4 Å². The number of hydrogen-bond donors (Lipinski definition) is 7. The second-order valence-electron chi connectivity index (χ2n) is 17.6. The Morgan fingerprint density at radius 3 is 2.23 bits per heavy atom. The van der Waals surface area contributed by atoms with Gasteiger partial charge in [-0.15, -0.1) is 0 Å². The summed E-state index contributed by atoms with van der Waals surface area (Å²) in [6.07, 6.45) is 7.59. The fourth-order valence-electron chi connectivity index (χ4n) is 8.34. The summed E-state index contributed by atoms with van der Waals surface area (Å²) in [5.41, 5.74) is 15.7. The number of nitriles is 1. The van der Waals surface area contributed by atoms with Crippen molar-refractivity contribution in [3.8, 4) is 28.7 Å². The van der Waals surface area contributed by atoms with E-state index >= 15 is 4.79 Å². The number of amides is 6. The van der Waals surface area contributed by atoms with Gasteiger partial charge in [-0.3, -0.25) is 28.8 Å². The third-order valence-electron chi connectivity index (χ3n) is 12.2. The highest BCUT2D eigenvalue weighted by Crippen LogP contribution is 2.40. The van der Waals surface area contributed by atoms with E-state index in [1.807, 2.05) is 25.1 Å². The lowest BCUT2D eigenvalue weighted by atomic mass is 9.93. The van der Waals surface area contributed by atoms with Crippen molar-refractivity contribution in [2.45, 2.75) is 115 Å². The SMILES string of the molecule is CCCCCCCCc1ccc(C(=O)N[C@@H](CCC(=O)NC2COC2)C(=O)N(C)C2C(=O)NC(C)C(=O)NC(C(=O)NCC#N)Cc3ccc(OCCN)c(c3)-c3cc2ccc3OCCN)c(C)c1. The van der Waals surface area contributed by atoms with E-state index in [4.69, 9.17) is 25.7 Å². The van der Waals surface area contributed by atoms with Crippen molar-refractivity contribution in [2.24, 2.45) is 11.5 Å². The molecule has 9 N–H and O–H groups in total. The summed E-state index contributed by atoms with van der Waals surface area (Å²) in [6.45, 7) is 6.54. The number of rotatable bonds is 23. The minimum absolute atomic E-state index is 0.00515. The van der Waals surface area contributed by atoms with Crippen LogP contribution in [-0.2, 0) is 41.6 Å². The van der Waals surface area contributed by atoms with Crippen molar-refractivity contribution in [2.75, 3.05) is 53.1 Å². The molecular weight excluding hydrogens is 883 g/mol.